The van der Waals surface area contributed by atoms with Gasteiger partial charge in [-0.05, 0) is 37.3 Å². The van der Waals surface area contributed by atoms with Crippen LogP contribution in [0.5, 0.6) is 5.75 Å². The van der Waals surface area contributed by atoms with E-state index in [1.54, 1.807) is 7.11 Å². The second kappa shape index (κ2) is 8.77. The minimum Gasteiger partial charge on any atom is -0.495 e. The summed E-state index contributed by atoms with van der Waals surface area (Å²) in [4.78, 5) is 2.42. The second-order valence-electron chi connectivity index (χ2n) is 6.84. The smallest absolute Gasteiger partial charge is 0.170 e. The van der Waals surface area contributed by atoms with Crippen LogP contribution in [0.4, 0.5) is 5.69 Å². The van der Waals surface area contributed by atoms with Crippen LogP contribution in [0.2, 0.25) is 0 Å². The first-order valence-corrected chi connectivity index (χ1v) is 9.99. The highest BCUT2D eigenvalue weighted by molar-refractivity contribution is 7.80. The molecule has 2 heterocycles. The predicted molar refractivity (Wildman–Crippen MR) is 116 cm³/mol. The number of ether oxygens (including phenoxy) is 2. The van der Waals surface area contributed by atoms with Gasteiger partial charge in [-0.25, -0.2) is 0 Å². The van der Waals surface area contributed by atoms with Crippen molar-refractivity contribution in [3.63, 3.8) is 0 Å². The van der Waals surface area contributed by atoms with Crippen molar-refractivity contribution < 1.29 is 13.9 Å². The van der Waals surface area contributed by atoms with Crippen LogP contribution in [0.3, 0.4) is 0 Å². The molecule has 7 heteroatoms. The van der Waals surface area contributed by atoms with Gasteiger partial charge < -0.3 is 24.5 Å². The van der Waals surface area contributed by atoms with E-state index in [4.69, 9.17) is 26.1 Å². The number of hydrogen-bond donors (Lipinski definition) is 2. The Hall–Kier alpha value is -2.35. The van der Waals surface area contributed by atoms with Crippen molar-refractivity contribution in [2.45, 2.75) is 6.42 Å². The first-order valence-electron chi connectivity index (χ1n) is 9.59. The van der Waals surface area contributed by atoms with E-state index in [-0.39, 0.29) is 0 Å². The Morgan fingerprint density at radius 3 is 2.79 bits per heavy atom. The molecule has 1 aromatic heterocycles. The largest absolute Gasteiger partial charge is 0.495 e. The summed E-state index contributed by atoms with van der Waals surface area (Å²) in [5, 5.41) is 9.20. The van der Waals surface area contributed by atoms with Crippen molar-refractivity contribution in [1.82, 2.24) is 10.2 Å². The number of hydrogen-bond acceptors (Lipinski definition) is 5. The first kappa shape index (κ1) is 19.0. The summed E-state index contributed by atoms with van der Waals surface area (Å²) in [7, 11) is 1.66. The molecule has 1 saturated heterocycles. The van der Waals surface area contributed by atoms with E-state index in [1.807, 2.05) is 36.4 Å². The molecule has 1 aliphatic rings. The normalized spacial score (nSPS) is 15.0. The number of thiocarbonyl (C=S) groups is 1. The molecule has 0 amide bonds. The van der Waals surface area contributed by atoms with Gasteiger partial charge in [0.15, 0.2) is 5.11 Å². The van der Waals surface area contributed by atoms with Crippen molar-refractivity contribution in [1.29, 1.82) is 0 Å². The highest BCUT2D eigenvalue weighted by Crippen LogP contribution is 2.36. The zero-order chi connectivity index (χ0) is 19.3. The molecule has 0 saturated carbocycles. The molecular formula is C21H25N3O3S. The van der Waals surface area contributed by atoms with E-state index < -0.39 is 0 Å². The molecular weight excluding hydrogens is 374 g/mol. The summed E-state index contributed by atoms with van der Waals surface area (Å²) < 4.78 is 16.9. The summed E-state index contributed by atoms with van der Waals surface area (Å²) in [6.07, 6.45) is 1.03. The molecule has 0 atom stereocenters. The molecule has 2 aromatic carbocycles. The molecule has 4 rings (SSSR count). The van der Waals surface area contributed by atoms with E-state index in [0.717, 1.165) is 79.2 Å². The van der Waals surface area contributed by atoms with Gasteiger partial charge >= 0.3 is 0 Å². The number of rotatable bonds is 6. The number of para-hydroxylation sites is 1. The minimum atomic E-state index is 0.579. The third-order valence-electron chi connectivity index (χ3n) is 4.99. The number of benzene rings is 2. The van der Waals surface area contributed by atoms with Crippen LogP contribution in [-0.2, 0) is 4.74 Å². The van der Waals surface area contributed by atoms with Crippen LogP contribution in [0.25, 0.3) is 21.9 Å². The Labute approximate surface area is 169 Å². The molecule has 3 aromatic rings. The van der Waals surface area contributed by atoms with Gasteiger partial charge in [-0.3, -0.25) is 4.90 Å². The lowest BCUT2D eigenvalue weighted by Gasteiger charge is -2.26. The van der Waals surface area contributed by atoms with Crippen LogP contribution in [0.1, 0.15) is 6.42 Å². The number of anilines is 1. The fourth-order valence-electron chi connectivity index (χ4n) is 3.51. The molecule has 28 heavy (non-hydrogen) atoms. The van der Waals surface area contributed by atoms with Gasteiger partial charge in [-0.15, -0.1) is 0 Å². The van der Waals surface area contributed by atoms with Gasteiger partial charge in [0, 0.05) is 36.5 Å². The van der Waals surface area contributed by atoms with Gasteiger partial charge in [0.05, 0.1) is 26.0 Å². The van der Waals surface area contributed by atoms with Crippen molar-refractivity contribution in [3.8, 4) is 5.75 Å². The van der Waals surface area contributed by atoms with Crippen LogP contribution < -0.4 is 15.4 Å². The lowest BCUT2D eigenvalue weighted by molar-refractivity contribution is 0.0376. The van der Waals surface area contributed by atoms with Crippen molar-refractivity contribution >= 4 is 45.0 Å². The lowest BCUT2D eigenvalue weighted by Crippen LogP contribution is -2.38. The van der Waals surface area contributed by atoms with Crippen LogP contribution >= 0.6 is 12.2 Å². The Bertz CT molecular complexity index is 966. The molecule has 1 aliphatic heterocycles. The second-order valence-corrected chi connectivity index (χ2v) is 7.24. The topological polar surface area (TPSA) is 58.9 Å². The molecule has 6 nitrogen and oxygen atoms in total. The van der Waals surface area contributed by atoms with Crippen molar-refractivity contribution in [2.75, 3.05) is 51.8 Å². The zero-order valence-electron chi connectivity index (χ0n) is 16.0. The average molecular weight is 400 g/mol. The van der Waals surface area contributed by atoms with Crippen LogP contribution in [0.15, 0.2) is 40.8 Å². The zero-order valence-corrected chi connectivity index (χ0v) is 16.8. The molecule has 0 unspecified atom stereocenters. The molecule has 0 bridgehead atoms. The van der Waals surface area contributed by atoms with Gasteiger partial charge in [0.25, 0.3) is 0 Å². The summed E-state index contributed by atoms with van der Waals surface area (Å²) in [5.41, 5.74) is 2.46. The van der Waals surface area contributed by atoms with Gasteiger partial charge in [0.1, 0.15) is 16.9 Å². The standard InChI is InChI=1S/C21H25N3O3S/c1-25-20-13-16-15-5-2-3-6-18(15)27-19(16)14-17(20)23-21(28)22-7-4-8-24-9-11-26-12-10-24/h2-3,5-6,13-14H,4,7-12H2,1H3,(H2,22,23,28). The highest BCUT2D eigenvalue weighted by atomic mass is 32.1. The maximum Gasteiger partial charge on any atom is 0.170 e. The fraction of sp³-hybridized carbons (Fsp3) is 0.381. The summed E-state index contributed by atoms with van der Waals surface area (Å²) in [6.45, 7) is 5.55. The maximum absolute atomic E-state index is 5.96. The Kier molecular flexibility index (Phi) is 5.95. The highest BCUT2D eigenvalue weighted by Gasteiger charge is 2.13. The molecule has 0 spiro atoms. The van der Waals surface area contributed by atoms with Crippen LogP contribution in [-0.4, -0.2) is 56.5 Å². The Morgan fingerprint density at radius 1 is 1.14 bits per heavy atom. The monoisotopic (exact) mass is 399 g/mol. The molecule has 0 aliphatic carbocycles. The lowest BCUT2D eigenvalue weighted by atomic mass is 10.1. The average Bonchev–Trinajstić information content (AvgIpc) is 3.08. The molecule has 1 fully saturated rings. The van der Waals surface area contributed by atoms with E-state index in [0.29, 0.717) is 5.11 Å². The van der Waals surface area contributed by atoms with Crippen LogP contribution in [0, 0.1) is 0 Å². The number of furan rings is 1. The SMILES string of the molecule is COc1cc2c(cc1NC(=S)NCCCN1CCOCC1)oc1ccccc12. The first-order chi connectivity index (χ1) is 13.7. The van der Waals surface area contributed by atoms with Gasteiger partial charge in [0.2, 0.25) is 0 Å². The molecule has 148 valence electrons. The third-order valence-corrected chi connectivity index (χ3v) is 5.23. The molecule has 0 radical (unpaired) electrons. The van der Waals surface area contributed by atoms with E-state index in [2.05, 4.69) is 15.5 Å². The van der Waals surface area contributed by atoms with Crippen molar-refractivity contribution in [2.24, 2.45) is 0 Å². The maximum atomic E-state index is 5.96. The third kappa shape index (κ3) is 4.22. The van der Waals surface area contributed by atoms with Gasteiger partial charge in [-0.2, -0.15) is 0 Å². The van der Waals surface area contributed by atoms with E-state index >= 15 is 0 Å². The van der Waals surface area contributed by atoms with E-state index in [1.165, 1.54) is 0 Å². The minimum absolute atomic E-state index is 0.579. The fourth-order valence-corrected chi connectivity index (χ4v) is 3.73. The number of nitrogens with one attached hydrogen (secondary N) is 2. The summed E-state index contributed by atoms with van der Waals surface area (Å²) in [5.74, 6) is 0.733. The number of methoxy groups -OCH3 is 1. The Balaban J connectivity index is 1.39. The van der Waals surface area contributed by atoms with Gasteiger partial charge in [-0.1, -0.05) is 18.2 Å². The summed E-state index contributed by atoms with van der Waals surface area (Å²) >= 11 is 5.46. The Morgan fingerprint density at radius 2 is 1.96 bits per heavy atom. The van der Waals surface area contributed by atoms with E-state index in [9.17, 15) is 0 Å². The van der Waals surface area contributed by atoms with Crippen molar-refractivity contribution in [3.05, 3.63) is 36.4 Å². The predicted octanol–water partition coefficient (Wildman–Crippen LogP) is 3.60. The quantitative estimate of drug-likeness (QED) is 0.485. The number of morpholine rings is 1. The summed E-state index contributed by atoms with van der Waals surface area (Å²) in [6, 6.07) is 11.9. The number of nitrogens with zero attached hydrogens (tertiary/aromatic N) is 1. The molecule has 2 N–H and O–H groups in total. The number of fused-ring (bicyclic) bond motifs is 3.